The molecule has 2 amide bonds. The van der Waals surface area contributed by atoms with Crippen molar-refractivity contribution < 1.29 is 14.3 Å². The van der Waals surface area contributed by atoms with Crippen LogP contribution in [0.2, 0.25) is 0 Å². The van der Waals surface area contributed by atoms with E-state index in [-0.39, 0.29) is 5.91 Å². The summed E-state index contributed by atoms with van der Waals surface area (Å²) in [6.07, 6.45) is 7.74. The van der Waals surface area contributed by atoms with Gasteiger partial charge in [0.15, 0.2) is 0 Å². The van der Waals surface area contributed by atoms with Crippen molar-refractivity contribution in [2.75, 3.05) is 6.54 Å². The van der Waals surface area contributed by atoms with Crippen molar-refractivity contribution >= 4 is 12.0 Å². The number of unbranched alkanes of at least 4 members (excludes halogenated alkanes) is 5. The molecule has 5 heteroatoms. The van der Waals surface area contributed by atoms with Gasteiger partial charge in [-0.2, -0.15) is 0 Å². The number of amides is 2. The summed E-state index contributed by atoms with van der Waals surface area (Å²) >= 11 is 0. The summed E-state index contributed by atoms with van der Waals surface area (Å²) < 4.78 is 5.32. The number of rotatable bonds is 12. The van der Waals surface area contributed by atoms with E-state index in [4.69, 9.17) is 4.74 Å². The largest absolute Gasteiger partial charge is 0.444 e. The zero-order valence-corrected chi connectivity index (χ0v) is 18.1. The van der Waals surface area contributed by atoms with Crippen LogP contribution in [0.4, 0.5) is 4.79 Å². The molecule has 0 saturated carbocycles. The molecule has 0 aromatic heterocycles. The molecule has 0 radical (unpaired) electrons. The fourth-order valence-corrected chi connectivity index (χ4v) is 2.91. The lowest BCUT2D eigenvalue weighted by Crippen LogP contribution is -2.48. The van der Waals surface area contributed by atoms with Crippen molar-refractivity contribution in [2.45, 2.75) is 90.7 Å². The third-order valence-corrected chi connectivity index (χ3v) is 4.40. The van der Waals surface area contributed by atoms with E-state index in [9.17, 15) is 9.59 Å². The molecule has 0 aliphatic carbocycles. The first-order chi connectivity index (χ1) is 13.3. The van der Waals surface area contributed by atoms with Gasteiger partial charge in [0.05, 0.1) is 0 Å². The van der Waals surface area contributed by atoms with Crippen molar-refractivity contribution in [3.8, 4) is 0 Å². The van der Waals surface area contributed by atoms with Gasteiger partial charge in [-0.05, 0) is 45.6 Å². The van der Waals surface area contributed by atoms with Gasteiger partial charge in [-0.25, -0.2) is 4.79 Å². The molecule has 0 fully saturated rings. The van der Waals surface area contributed by atoms with E-state index in [0.717, 1.165) is 18.4 Å². The second-order valence-corrected chi connectivity index (χ2v) is 8.28. The Morgan fingerprint density at radius 3 is 2.29 bits per heavy atom. The summed E-state index contributed by atoms with van der Waals surface area (Å²) in [6.45, 7) is 8.27. The van der Waals surface area contributed by atoms with Crippen LogP contribution in [0, 0.1) is 0 Å². The molecule has 158 valence electrons. The molecule has 5 nitrogen and oxygen atoms in total. The number of carbonyl (C=O) groups excluding carboxylic acids is 2. The first-order valence-electron chi connectivity index (χ1n) is 10.6. The molecule has 1 atom stereocenters. The number of aryl methyl sites for hydroxylation is 1. The second kappa shape index (κ2) is 13.2. The Morgan fingerprint density at radius 1 is 1.00 bits per heavy atom. The zero-order chi connectivity index (χ0) is 20.8. The van der Waals surface area contributed by atoms with E-state index >= 15 is 0 Å². The van der Waals surface area contributed by atoms with Gasteiger partial charge in [0.25, 0.3) is 0 Å². The van der Waals surface area contributed by atoms with Gasteiger partial charge in [0.2, 0.25) is 5.91 Å². The van der Waals surface area contributed by atoms with Crippen LogP contribution in [-0.4, -0.2) is 30.2 Å². The Hall–Kier alpha value is -2.04. The van der Waals surface area contributed by atoms with Crippen molar-refractivity contribution in [3.63, 3.8) is 0 Å². The highest BCUT2D eigenvalue weighted by molar-refractivity contribution is 5.85. The maximum absolute atomic E-state index is 12.6. The number of benzene rings is 1. The molecule has 2 N–H and O–H groups in total. The van der Waals surface area contributed by atoms with Gasteiger partial charge in [0, 0.05) is 6.54 Å². The van der Waals surface area contributed by atoms with E-state index in [1.807, 2.05) is 51.1 Å². The lowest BCUT2D eigenvalue weighted by Gasteiger charge is -2.23. The Balaban J connectivity index is 2.50. The lowest BCUT2D eigenvalue weighted by molar-refractivity contribution is -0.123. The third kappa shape index (κ3) is 11.6. The number of ether oxygens (including phenoxy) is 1. The molecule has 0 heterocycles. The average Bonchev–Trinajstić information content (AvgIpc) is 2.63. The maximum Gasteiger partial charge on any atom is 0.408 e. The molecular formula is C23H38N2O3. The molecule has 0 saturated heterocycles. The number of carbonyl (C=O) groups is 2. The molecule has 0 aliphatic rings. The molecular weight excluding hydrogens is 352 g/mol. The van der Waals surface area contributed by atoms with Gasteiger partial charge in [-0.3, -0.25) is 4.79 Å². The summed E-state index contributed by atoms with van der Waals surface area (Å²) in [5.41, 5.74) is 0.547. The quantitative estimate of drug-likeness (QED) is 0.494. The molecule has 1 unspecified atom stereocenters. The molecule has 0 aliphatic heterocycles. The number of hydrogen-bond acceptors (Lipinski definition) is 3. The fraction of sp³-hybridized carbons (Fsp3) is 0.652. The summed E-state index contributed by atoms with van der Waals surface area (Å²) in [4.78, 5) is 24.8. The smallest absolute Gasteiger partial charge is 0.408 e. The van der Waals surface area contributed by atoms with Gasteiger partial charge in [-0.1, -0.05) is 69.4 Å². The van der Waals surface area contributed by atoms with E-state index in [1.54, 1.807) is 0 Å². The van der Waals surface area contributed by atoms with Crippen LogP contribution >= 0.6 is 0 Å². The van der Waals surface area contributed by atoms with Crippen LogP contribution < -0.4 is 10.6 Å². The second-order valence-electron chi connectivity index (χ2n) is 8.28. The maximum atomic E-state index is 12.6. The Kier molecular flexibility index (Phi) is 11.3. The molecule has 0 bridgehead atoms. The number of nitrogens with one attached hydrogen (secondary N) is 2. The number of hydrogen-bond donors (Lipinski definition) is 2. The fourth-order valence-electron chi connectivity index (χ4n) is 2.91. The molecule has 0 spiro atoms. The predicted molar refractivity (Wildman–Crippen MR) is 114 cm³/mol. The molecule has 28 heavy (non-hydrogen) atoms. The van der Waals surface area contributed by atoms with Crippen molar-refractivity contribution in [2.24, 2.45) is 0 Å². The van der Waals surface area contributed by atoms with E-state index in [2.05, 4.69) is 17.6 Å². The summed E-state index contributed by atoms with van der Waals surface area (Å²) in [5.74, 6) is -0.143. The first kappa shape index (κ1) is 24.0. The summed E-state index contributed by atoms with van der Waals surface area (Å²) in [7, 11) is 0. The summed E-state index contributed by atoms with van der Waals surface area (Å²) in [6, 6.07) is 9.37. The monoisotopic (exact) mass is 390 g/mol. The first-order valence-corrected chi connectivity index (χ1v) is 10.6. The van der Waals surface area contributed by atoms with Crippen molar-refractivity contribution in [1.82, 2.24) is 10.6 Å². The molecule has 1 rings (SSSR count). The minimum Gasteiger partial charge on any atom is -0.444 e. The Labute approximate surface area is 170 Å². The van der Waals surface area contributed by atoms with Crippen molar-refractivity contribution in [1.29, 1.82) is 0 Å². The molecule has 1 aromatic carbocycles. The lowest BCUT2D eigenvalue weighted by atomic mass is 10.0. The minimum atomic E-state index is -0.602. The van der Waals surface area contributed by atoms with Crippen LogP contribution in [0.1, 0.15) is 78.2 Å². The SMILES string of the molecule is CCCCCCCCNC(=O)C(CCc1ccccc1)NC(=O)OC(C)(C)C. The van der Waals surface area contributed by atoms with Gasteiger partial charge in [0.1, 0.15) is 11.6 Å². The summed E-state index contributed by atoms with van der Waals surface area (Å²) in [5, 5.41) is 5.71. The van der Waals surface area contributed by atoms with Crippen LogP contribution in [-0.2, 0) is 16.0 Å². The topological polar surface area (TPSA) is 67.4 Å². The van der Waals surface area contributed by atoms with E-state index in [0.29, 0.717) is 19.4 Å². The highest BCUT2D eigenvalue weighted by atomic mass is 16.6. The van der Waals surface area contributed by atoms with E-state index in [1.165, 1.54) is 25.7 Å². The van der Waals surface area contributed by atoms with Crippen LogP contribution in [0.5, 0.6) is 0 Å². The van der Waals surface area contributed by atoms with Crippen LogP contribution in [0.15, 0.2) is 30.3 Å². The van der Waals surface area contributed by atoms with Crippen LogP contribution in [0.25, 0.3) is 0 Å². The predicted octanol–water partition coefficient (Wildman–Crippen LogP) is 4.99. The highest BCUT2D eigenvalue weighted by Gasteiger charge is 2.24. The van der Waals surface area contributed by atoms with Gasteiger partial charge >= 0.3 is 6.09 Å². The minimum absolute atomic E-state index is 0.143. The Morgan fingerprint density at radius 2 is 1.64 bits per heavy atom. The van der Waals surface area contributed by atoms with Crippen LogP contribution in [0.3, 0.4) is 0 Å². The Bertz CT molecular complexity index is 567. The third-order valence-electron chi connectivity index (χ3n) is 4.40. The van der Waals surface area contributed by atoms with Gasteiger partial charge in [-0.15, -0.1) is 0 Å². The normalized spacial score (nSPS) is 12.3. The van der Waals surface area contributed by atoms with E-state index < -0.39 is 17.7 Å². The standard InChI is InChI=1S/C23H38N2O3/c1-5-6-7-8-9-13-18-24-21(26)20(25-22(27)28-23(2,3)4)17-16-19-14-11-10-12-15-19/h10-12,14-15,20H,5-9,13,16-18H2,1-4H3,(H,24,26)(H,25,27). The van der Waals surface area contributed by atoms with Gasteiger partial charge < -0.3 is 15.4 Å². The average molecular weight is 391 g/mol. The van der Waals surface area contributed by atoms with Crippen molar-refractivity contribution in [3.05, 3.63) is 35.9 Å². The zero-order valence-electron chi connectivity index (χ0n) is 18.1. The highest BCUT2D eigenvalue weighted by Crippen LogP contribution is 2.10. The molecule has 1 aromatic rings. The number of alkyl carbamates (subject to hydrolysis) is 1.